The Morgan fingerprint density at radius 3 is 2.67 bits per heavy atom. The first kappa shape index (κ1) is 12.7. The molecule has 0 fully saturated rings. The van der Waals surface area contributed by atoms with Gasteiger partial charge in [0.1, 0.15) is 5.82 Å². The van der Waals surface area contributed by atoms with Crippen LogP contribution in [-0.2, 0) is 13.0 Å². The van der Waals surface area contributed by atoms with Gasteiger partial charge in [-0.1, -0.05) is 44.2 Å². The molecular formula is C15H21N3. The van der Waals surface area contributed by atoms with Crippen molar-refractivity contribution in [3.8, 4) is 0 Å². The Morgan fingerprint density at radius 1 is 1.28 bits per heavy atom. The van der Waals surface area contributed by atoms with Crippen molar-refractivity contribution in [1.29, 1.82) is 0 Å². The number of nitrogens with zero attached hydrogens (tertiary/aromatic N) is 2. The van der Waals surface area contributed by atoms with Gasteiger partial charge in [-0.3, -0.25) is 0 Å². The Kier molecular flexibility index (Phi) is 4.03. The van der Waals surface area contributed by atoms with Crippen molar-refractivity contribution in [3.05, 3.63) is 47.9 Å². The van der Waals surface area contributed by atoms with Crippen molar-refractivity contribution in [2.24, 2.45) is 0 Å². The first-order valence-electron chi connectivity index (χ1n) is 6.56. The lowest BCUT2D eigenvalue weighted by atomic mass is 9.96. The highest BCUT2D eigenvalue weighted by molar-refractivity contribution is 5.37. The van der Waals surface area contributed by atoms with Gasteiger partial charge in [0.2, 0.25) is 0 Å². The predicted octanol–water partition coefficient (Wildman–Crippen LogP) is 3.22. The van der Waals surface area contributed by atoms with Crippen LogP contribution in [0.1, 0.15) is 37.4 Å². The summed E-state index contributed by atoms with van der Waals surface area (Å²) in [6.45, 7) is 5.30. The highest BCUT2D eigenvalue weighted by Crippen LogP contribution is 2.22. The van der Waals surface area contributed by atoms with Crippen LogP contribution in [0.4, 0.5) is 5.82 Å². The number of imidazole rings is 1. The van der Waals surface area contributed by atoms with E-state index in [2.05, 4.69) is 43.1 Å². The maximum absolute atomic E-state index is 6.12. The van der Waals surface area contributed by atoms with Crippen LogP contribution in [-0.4, -0.2) is 9.55 Å². The van der Waals surface area contributed by atoms with Crippen LogP contribution >= 0.6 is 0 Å². The number of aromatic nitrogens is 2. The molecule has 1 atom stereocenters. The average Bonchev–Trinajstić information content (AvgIpc) is 2.73. The molecule has 2 N–H and O–H groups in total. The predicted molar refractivity (Wildman–Crippen MR) is 75.5 cm³/mol. The van der Waals surface area contributed by atoms with Gasteiger partial charge in [0, 0.05) is 6.54 Å². The van der Waals surface area contributed by atoms with Crippen LogP contribution in [0.2, 0.25) is 0 Å². The minimum absolute atomic E-state index is 0.443. The maximum Gasteiger partial charge on any atom is 0.126 e. The lowest BCUT2D eigenvalue weighted by molar-refractivity contribution is 0.684. The standard InChI is InChI=1S/C15H21N3/c1-3-9-18-11-17-14(15(18)16)10-12(2)13-7-5-4-6-8-13/h4-8,11-12H,3,9-10,16H2,1-2H3. The summed E-state index contributed by atoms with van der Waals surface area (Å²) in [5, 5.41) is 0. The number of nitrogens with two attached hydrogens (primary N) is 1. The number of hydrogen-bond acceptors (Lipinski definition) is 2. The van der Waals surface area contributed by atoms with E-state index in [1.54, 1.807) is 0 Å². The molecule has 2 aromatic rings. The Labute approximate surface area is 109 Å². The number of benzene rings is 1. The first-order valence-corrected chi connectivity index (χ1v) is 6.56. The topological polar surface area (TPSA) is 43.8 Å². The summed E-state index contributed by atoms with van der Waals surface area (Å²) in [7, 11) is 0. The minimum Gasteiger partial charge on any atom is -0.384 e. The molecule has 3 nitrogen and oxygen atoms in total. The summed E-state index contributed by atoms with van der Waals surface area (Å²) in [6, 6.07) is 10.5. The molecule has 1 aromatic carbocycles. The van der Waals surface area contributed by atoms with Crippen molar-refractivity contribution in [2.75, 3.05) is 5.73 Å². The molecule has 1 unspecified atom stereocenters. The van der Waals surface area contributed by atoms with E-state index < -0.39 is 0 Å². The molecule has 0 aliphatic carbocycles. The van der Waals surface area contributed by atoms with Crippen molar-refractivity contribution < 1.29 is 0 Å². The number of rotatable bonds is 5. The molecule has 2 rings (SSSR count). The number of hydrogen-bond donors (Lipinski definition) is 1. The van der Waals surface area contributed by atoms with E-state index in [0.717, 1.165) is 30.9 Å². The van der Waals surface area contributed by atoms with Gasteiger partial charge in [-0.15, -0.1) is 0 Å². The summed E-state index contributed by atoms with van der Waals surface area (Å²) >= 11 is 0. The second kappa shape index (κ2) is 5.71. The third-order valence-electron chi connectivity index (χ3n) is 3.29. The van der Waals surface area contributed by atoms with Crippen LogP contribution in [0.25, 0.3) is 0 Å². The Hall–Kier alpha value is -1.77. The highest BCUT2D eigenvalue weighted by Gasteiger charge is 2.12. The SMILES string of the molecule is CCCn1cnc(CC(C)c2ccccc2)c1N. The van der Waals surface area contributed by atoms with Gasteiger partial charge in [0.25, 0.3) is 0 Å². The third-order valence-corrected chi connectivity index (χ3v) is 3.29. The molecule has 0 saturated carbocycles. The molecule has 0 amide bonds. The molecule has 96 valence electrons. The molecule has 3 heteroatoms. The summed E-state index contributed by atoms with van der Waals surface area (Å²) in [6.07, 6.45) is 3.83. The van der Waals surface area contributed by atoms with Gasteiger partial charge in [-0.2, -0.15) is 0 Å². The van der Waals surface area contributed by atoms with E-state index in [0.29, 0.717) is 5.92 Å². The average molecular weight is 243 g/mol. The fourth-order valence-electron chi connectivity index (χ4n) is 2.20. The van der Waals surface area contributed by atoms with Gasteiger partial charge in [0.15, 0.2) is 0 Å². The van der Waals surface area contributed by atoms with Gasteiger partial charge >= 0.3 is 0 Å². The molecule has 0 spiro atoms. The highest BCUT2D eigenvalue weighted by atomic mass is 15.1. The van der Waals surface area contributed by atoms with E-state index in [1.807, 2.05) is 17.0 Å². The largest absolute Gasteiger partial charge is 0.384 e. The van der Waals surface area contributed by atoms with Crippen LogP contribution < -0.4 is 5.73 Å². The molecule has 18 heavy (non-hydrogen) atoms. The Balaban J connectivity index is 2.10. The molecule has 0 bridgehead atoms. The fourth-order valence-corrected chi connectivity index (χ4v) is 2.20. The zero-order valence-corrected chi connectivity index (χ0v) is 11.1. The van der Waals surface area contributed by atoms with Gasteiger partial charge in [-0.05, 0) is 24.3 Å². The van der Waals surface area contributed by atoms with E-state index >= 15 is 0 Å². The molecule has 1 aromatic heterocycles. The fraction of sp³-hybridized carbons (Fsp3) is 0.400. The van der Waals surface area contributed by atoms with Crippen molar-refractivity contribution in [1.82, 2.24) is 9.55 Å². The van der Waals surface area contributed by atoms with Crippen molar-refractivity contribution >= 4 is 5.82 Å². The monoisotopic (exact) mass is 243 g/mol. The van der Waals surface area contributed by atoms with Crippen molar-refractivity contribution in [3.63, 3.8) is 0 Å². The molecular weight excluding hydrogens is 222 g/mol. The summed E-state index contributed by atoms with van der Waals surface area (Å²) in [4.78, 5) is 4.44. The summed E-state index contributed by atoms with van der Waals surface area (Å²) in [5.41, 5.74) is 8.47. The van der Waals surface area contributed by atoms with Gasteiger partial charge < -0.3 is 10.3 Å². The van der Waals surface area contributed by atoms with E-state index in [-0.39, 0.29) is 0 Å². The van der Waals surface area contributed by atoms with Crippen molar-refractivity contribution in [2.45, 2.75) is 39.2 Å². The molecule has 0 radical (unpaired) electrons. The number of anilines is 1. The van der Waals surface area contributed by atoms with Crippen LogP contribution in [0.15, 0.2) is 36.7 Å². The third kappa shape index (κ3) is 2.73. The van der Waals surface area contributed by atoms with E-state index in [9.17, 15) is 0 Å². The summed E-state index contributed by atoms with van der Waals surface area (Å²) in [5.74, 6) is 1.26. The first-order chi connectivity index (χ1) is 8.72. The maximum atomic E-state index is 6.12. The Morgan fingerprint density at radius 2 is 2.00 bits per heavy atom. The lowest BCUT2D eigenvalue weighted by Crippen LogP contribution is -2.05. The molecule has 1 heterocycles. The second-order valence-electron chi connectivity index (χ2n) is 4.79. The normalized spacial score (nSPS) is 12.6. The van der Waals surface area contributed by atoms with Crippen LogP contribution in [0.3, 0.4) is 0 Å². The smallest absolute Gasteiger partial charge is 0.126 e. The minimum atomic E-state index is 0.443. The van der Waals surface area contributed by atoms with Crippen LogP contribution in [0.5, 0.6) is 0 Å². The molecule has 0 aliphatic rings. The quantitative estimate of drug-likeness (QED) is 0.876. The Bertz CT molecular complexity index is 488. The zero-order chi connectivity index (χ0) is 13.0. The summed E-state index contributed by atoms with van der Waals surface area (Å²) < 4.78 is 2.03. The number of nitrogen functional groups attached to an aromatic ring is 1. The van der Waals surface area contributed by atoms with Gasteiger partial charge in [0.05, 0.1) is 12.0 Å². The van der Waals surface area contributed by atoms with Gasteiger partial charge in [-0.25, -0.2) is 4.98 Å². The van der Waals surface area contributed by atoms with E-state index in [1.165, 1.54) is 5.56 Å². The molecule has 0 aliphatic heterocycles. The second-order valence-corrected chi connectivity index (χ2v) is 4.79. The van der Waals surface area contributed by atoms with E-state index in [4.69, 9.17) is 5.73 Å². The molecule has 0 saturated heterocycles. The number of aryl methyl sites for hydroxylation is 1. The van der Waals surface area contributed by atoms with Crippen LogP contribution in [0, 0.1) is 0 Å². The lowest BCUT2D eigenvalue weighted by Gasteiger charge is -2.11. The zero-order valence-electron chi connectivity index (χ0n) is 11.1.